The van der Waals surface area contributed by atoms with Crippen molar-refractivity contribution in [2.75, 3.05) is 13.2 Å². The summed E-state index contributed by atoms with van der Waals surface area (Å²) in [6.45, 7) is 6.71. The number of aliphatic hydroxyl groups is 1. The average Bonchev–Trinajstić information content (AvgIpc) is 2.23. The molecule has 0 saturated heterocycles. The molecule has 0 bridgehead atoms. The highest BCUT2D eigenvalue weighted by Crippen LogP contribution is 2.47. The van der Waals surface area contributed by atoms with E-state index >= 15 is 0 Å². The molecule has 1 aliphatic carbocycles. The van der Waals surface area contributed by atoms with Crippen molar-refractivity contribution in [3.05, 3.63) is 0 Å². The van der Waals surface area contributed by atoms with E-state index in [1.807, 2.05) is 13.8 Å². The fourth-order valence-electron chi connectivity index (χ4n) is 2.72. The second-order valence-electron chi connectivity index (χ2n) is 5.63. The van der Waals surface area contributed by atoms with E-state index in [0.717, 1.165) is 12.8 Å². The fourth-order valence-corrected chi connectivity index (χ4v) is 2.98. The number of thiocarbonyl (C=S) groups is 1. The molecule has 1 amide bonds. The van der Waals surface area contributed by atoms with Crippen LogP contribution in [0.5, 0.6) is 0 Å². The molecule has 5 heteroatoms. The van der Waals surface area contributed by atoms with Crippen molar-refractivity contribution in [2.45, 2.75) is 46.1 Å². The molecule has 0 radical (unpaired) electrons. The lowest BCUT2D eigenvalue weighted by Gasteiger charge is -2.47. The smallest absolute Gasteiger partial charge is 0.235 e. The molecule has 104 valence electrons. The molecule has 4 nitrogen and oxygen atoms in total. The van der Waals surface area contributed by atoms with E-state index < -0.39 is 5.41 Å². The van der Waals surface area contributed by atoms with Crippen LogP contribution < -0.4 is 5.73 Å². The van der Waals surface area contributed by atoms with Crippen LogP contribution in [0.1, 0.15) is 40.0 Å². The first-order chi connectivity index (χ1) is 8.35. The highest BCUT2D eigenvalue weighted by molar-refractivity contribution is 7.80. The quantitative estimate of drug-likeness (QED) is 0.715. The second-order valence-corrected chi connectivity index (χ2v) is 6.07. The van der Waals surface area contributed by atoms with Gasteiger partial charge in [-0.2, -0.15) is 0 Å². The average molecular weight is 272 g/mol. The van der Waals surface area contributed by atoms with Crippen LogP contribution in [0.15, 0.2) is 0 Å². The van der Waals surface area contributed by atoms with Gasteiger partial charge in [-0.3, -0.25) is 4.79 Å². The molecular formula is C13H24N2O2S. The summed E-state index contributed by atoms with van der Waals surface area (Å²) in [5.74, 6) is 0.541. The highest BCUT2D eigenvalue weighted by Gasteiger charge is 2.52. The van der Waals surface area contributed by atoms with Crippen LogP contribution in [0.25, 0.3) is 0 Å². The van der Waals surface area contributed by atoms with E-state index in [2.05, 4.69) is 6.92 Å². The van der Waals surface area contributed by atoms with E-state index in [9.17, 15) is 4.79 Å². The van der Waals surface area contributed by atoms with E-state index in [1.54, 1.807) is 4.90 Å². The summed E-state index contributed by atoms with van der Waals surface area (Å²) in [7, 11) is 0. The van der Waals surface area contributed by atoms with E-state index in [1.165, 1.54) is 0 Å². The number of hydrogen-bond donors (Lipinski definition) is 2. The molecule has 1 aliphatic rings. The van der Waals surface area contributed by atoms with E-state index in [0.29, 0.717) is 23.9 Å². The SMILES string of the molecule is CC1CC(C(=O)N(CCCO)C(C)C)(C(N)=S)C1. The Kier molecular flexibility index (Phi) is 5.10. The third kappa shape index (κ3) is 2.83. The van der Waals surface area contributed by atoms with Gasteiger partial charge in [0, 0.05) is 19.2 Å². The zero-order valence-electron chi connectivity index (χ0n) is 11.5. The van der Waals surface area contributed by atoms with Gasteiger partial charge in [0.15, 0.2) is 0 Å². The van der Waals surface area contributed by atoms with Gasteiger partial charge in [-0.25, -0.2) is 0 Å². The molecule has 3 N–H and O–H groups in total. The van der Waals surface area contributed by atoms with Gasteiger partial charge in [0.1, 0.15) is 0 Å². The Bertz CT molecular complexity index is 325. The zero-order chi connectivity index (χ0) is 13.9. The molecule has 1 fully saturated rings. The summed E-state index contributed by atoms with van der Waals surface area (Å²) in [6, 6.07) is 0.103. The van der Waals surface area contributed by atoms with Crippen LogP contribution in [0.4, 0.5) is 0 Å². The summed E-state index contributed by atoms with van der Waals surface area (Å²) in [5.41, 5.74) is 5.17. The zero-order valence-corrected chi connectivity index (χ0v) is 12.3. The van der Waals surface area contributed by atoms with Crippen LogP contribution in [0.2, 0.25) is 0 Å². The first kappa shape index (κ1) is 15.4. The second kappa shape index (κ2) is 5.97. The summed E-state index contributed by atoms with van der Waals surface area (Å²) >= 11 is 5.11. The van der Waals surface area contributed by atoms with E-state index in [-0.39, 0.29) is 18.6 Å². The third-order valence-electron chi connectivity index (χ3n) is 3.72. The van der Waals surface area contributed by atoms with Gasteiger partial charge < -0.3 is 15.7 Å². The Morgan fingerprint density at radius 1 is 1.56 bits per heavy atom. The Morgan fingerprint density at radius 3 is 2.44 bits per heavy atom. The molecule has 0 aromatic rings. The standard InChI is InChI=1S/C13H24N2O2S/c1-9(2)15(5-4-6-16)12(17)13(11(14)18)7-10(3)8-13/h9-10,16H,4-8H2,1-3H3,(H2,14,18). The van der Waals surface area contributed by atoms with Crippen molar-refractivity contribution in [1.82, 2.24) is 4.90 Å². The lowest BCUT2D eigenvalue weighted by atomic mass is 9.61. The predicted octanol–water partition coefficient (Wildman–Crippen LogP) is 1.31. The monoisotopic (exact) mass is 272 g/mol. The minimum absolute atomic E-state index is 0.0385. The first-order valence-corrected chi connectivity index (χ1v) is 6.98. The molecule has 0 aliphatic heterocycles. The Balaban J connectivity index is 2.84. The fraction of sp³-hybridized carbons (Fsp3) is 0.846. The van der Waals surface area contributed by atoms with Gasteiger partial charge >= 0.3 is 0 Å². The van der Waals surface area contributed by atoms with Crippen LogP contribution in [-0.2, 0) is 4.79 Å². The molecule has 0 aromatic heterocycles. The van der Waals surface area contributed by atoms with Gasteiger partial charge in [0.25, 0.3) is 0 Å². The van der Waals surface area contributed by atoms with Crippen molar-refractivity contribution in [2.24, 2.45) is 17.1 Å². The lowest BCUT2D eigenvalue weighted by Crippen LogP contribution is -2.58. The number of nitrogens with two attached hydrogens (primary N) is 1. The Hall–Kier alpha value is -0.680. The number of nitrogens with zero attached hydrogens (tertiary/aromatic N) is 1. The van der Waals surface area contributed by atoms with Gasteiger partial charge in [-0.15, -0.1) is 0 Å². The van der Waals surface area contributed by atoms with Crippen LogP contribution in [0.3, 0.4) is 0 Å². The Labute approximate surface area is 115 Å². The van der Waals surface area contributed by atoms with Crippen molar-refractivity contribution in [3.8, 4) is 0 Å². The molecule has 0 atom stereocenters. The molecule has 0 aromatic carbocycles. The van der Waals surface area contributed by atoms with Gasteiger partial charge in [-0.05, 0) is 39.0 Å². The number of hydrogen-bond acceptors (Lipinski definition) is 3. The van der Waals surface area contributed by atoms with Crippen LogP contribution in [0, 0.1) is 11.3 Å². The molecular weight excluding hydrogens is 248 g/mol. The van der Waals surface area contributed by atoms with Crippen molar-refractivity contribution in [1.29, 1.82) is 0 Å². The first-order valence-electron chi connectivity index (χ1n) is 6.57. The molecule has 0 spiro atoms. The topological polar surface area (TPSA) is 66.6 Å². The third-order valence-corrected chi connectivity index (χ3v) is 4.11. The van der Waals surface area contributed by atoms with Crippen molar-refractivity contribution < 1.29 is 9.90 Å². The summed E-state index contributed by atoms with van der Waals surface area (Å²) in [6.07, 6.45) is 2.10. The summed E-state index contributed by atoms with van der Waals surface area (Å²) in [5, 5.41) is 8.92. The summed E-state index contributed by atoms with van der Waals surface area (Å²) in [4.78, 5) is 14.8. The molecule has 1 rings (SSSR count). The lowest BCUT2D eigenvalue weighted by molar-refractivity contribution is -0.146. The number of rotatable bonds is 6. The number of carbonyl (C=O) groups excluding carboxylic acids is 1. The number of aliphatic hydroxyl groups excluding tert-OH is 1. The van der Waals surface area contributed by atoms with E-state index in [4.69, 9.17) is 23.1 Å². The molecule has 1 saturated carbocycles. The molecule has 0 heterocycles. The minimum atomic E-state index is -0.630. The van der Waals surface area contributed by atoms with Gasteiger partial charge in [0.05, 0.1) is 10.4 Å². The normalized spacial score (nSPS) is 26.8. The van der Waals surface area contributed by atoms with Crippen molar-refractivity contribution >= 4 is 23.1 Å². The summed E-state index contributed by atoms with van der Waals surface area (Å²) < 4.78 is 0. The van der Waals surface area contributed by atoms with Crippen molar-refractivity contribution in [3.63, 3.8) is 0 Å². The van der Waals surface area contributed by atoms with Gasteiger partial charge in [0.2, 0.25) is 5.91 Å². The Morgan fingerprint density at radius 2 is 2.11 bits per heavy atom. The highest BCUT2D eigenvalue weighted by atomic mass is 32.1. The maximum Gasteiger partial charge on any atom is 0.235 e. The minimum Gasteiger partial charge on any atom is -0.396 e. The number of amides is 1. The van der Waals surface area contributed by atoms with Crippen LogP contribution in [-0.4, -0.2) is 40.1 Å². The maximum absolute atomic E-state index is 12.7. The van der Waals surface area contributed by atoms with Crippen LogP contribution >= 0.6 is 12.2 Å². The van der Waals surface area contributed by atoms with Gasteiger partial charge in [-0.1, -0.05) is 19.1 Å². The number of carbonyl (C=O) groups is 1. The predicted molar refractivity (Wildman–Crippen MR) is 76.2 cm³/mol. The largest absolute Gasteiger partial charge is 0.396 e. The molecule has 0 unspecified atom stereocenters. The molecule has 18 heavy (non-hydrogen) atoms. The maximum atomic E-state index is 12.7.